The summed E-state index contributed by atoms with van der Waals surface area (Å²) in [5, 5.41) is 3.26. The second-order valence-corrected chi connectivity index (χ2v) is 13.4. The van der Waals surface area contributed by atoms with Crippen molar-refractivity contribution in [3.05, 3.63) is 189 Å². The highest BCUT2D eigenvalue weighted by Gasteiger charge is 2.16. The summed E-state index contributed by atoms with van der Waals surface area (Å²) in [5.41, 5.74) is 15.7. The van der Waals surface area contributed by atoms with Crippen molar-refractivity contribution in [2.45, 2.75) is 0 Å². The number of fused-ring (bicyclic) bond motifs is 4. The van der Waals surface area contributed by atoms with Crippen LogP contribution in [-0.2, 0) is 0 Å². The Morgan fingerprint density at radius 1 is 0.315 bits per heavy atom. The van der Waals surface area contributed by atoms with Crippen LogP contribution in [0.1, 0.15) is 0 Å². The van der Waals surface area contributed by atoms with Crippen LogP contribution < -0.4 is 0 Å². The molecule has 0 N–H and O–H groups in total. The number of para-hydroxylation sites is 1. The minimum Gasteiger partial charge on any atom is -0.265 e. The summed E-state index contributed by atoms with van der Waals surface area (Å²) >= 11 is 0. The molecule has 5 nitrogen and oxygen atoms in total. The van der Waals surface area contributed by atoms with Crippen LogP contribution >= 0.6 is 0 Å². The highest BCUT2D eigenvalue weighted by Crippen LogP contribution is 2.39. The maximum Gasteiger partial charge on any atom is 0.0978 e. The molecule has 0 saturated heterocycles. The van der Waals surface area contributed by atoms with Gasteiger partial charge in [0, 0.05) is 63.8 Å². The Labute approximate surface area is 312 Å². The lowest BCUT2D eigenvalue weighted by atomic mass is 9.92. The van der Waals surface area contributed by atoms with Gasteiger partial charge in [0.25, 0.3) is 0 Å². The predicted molar refractivity (Wildman–Crippen MR) is 221 cm³/mol. The van der Waals surface area contributed by atoms with Crippen molar-refractivity contribution in [2.75, 3.05) is 0 Å². The van der Waals surface area contributed by atoms with E-state index in [9.17, 15) is 0 Å². The molecular weight excluding hydrogens is 659 g/mol. The van der Waals surface area contributed by atoms with Gasteiger partial charge in [0.15, 0.2) is 0 Å². The van der Waals surface area contributed by atoms with Gasteiger partial charge >= 0.3 is 0 Å². The van der Waals surface area contributed by atoms with Crippen molar-refractivity contribution >= 4 is 32.7 Å². The predicted octanol–water partition coefficient (Wildman–Crippen LogP) is 12.1. The summed E-state index contributed by atoms with van der Waals surface area (Å²) in [6.45, 7) is 0. The van der Waals surface area contributed by atoms with Crippen molar-refractivity contribution < 1.29 is 0 Å². The number of aromatic nitrogens is 5. The van der Waals surface area contributed by atoms with E-state index in [4.69, 9.17) is 15.0 Å². The van der Waals surface area contributed by atoms with E-state index in [2.05, 4.69) is 131 Å². The third-order valence-electron chi connectivity index (χ3n) is 10.1. The molecule has 5 heteroatoms. The van der Waals surface area contributed by atoms with Crippen LogP contribution in [0.15, 0.2) is 189 Å². The third kappa shape index (κ3) is 5.74. The Morgan fingerprint density at radius 3 is 1.57 bits per heavy atom. The van der Waals surface area contributed by atoms with Gasteiger partial charge in [-0.2, -0.15) is 0 Å². The first-order valence-corrected chi connectivity index (χ1v) is 18.0. The minimum atomic E-state index is 0.907. The third-order valence-corrected chi connectivity index (χ3v) is 10.1. The SMILES string of the molecule is c1cc(-c2cc(-c3ccc(-c4ccncc4)cc3)nc(-c3ccc(-c4ccncc4)cc3)c2)cc(-c2c3ccccc3nc3c2ccc2cccnc23)c1. The number of pyridine rings is 5. The van der Waals surface area contributed by atoms with Crippen LogP contribution in [0.2, 0.25) is 0 Å². The number of benzene rings is 5. The topological polar surface area (TPSA) is 64.5 Å². The molecule has 0 amide bonds. The fourth-order valence-corrected chi connectivity index (χ4v) is 7.41. The van der Waals surface area contributed by atoms with Crippen molar-refractivity contribution in [1.82, 2.24) is 24.9 Å². The summed E-state index contributed by atoms with van der Waals surface area (Å²) in [6.07, 6.45) is 9.14. The van der Waals surface area contributed by atoms with Crippen molar-refractivity contribution in [1.29, 1.82) is 0 Å². The van der Waals surface area contributed by atoms with Crippen molar-refractivity contribution in [2.24, 2.45) is 0 Å². The molecule has 5 aromatic carbocycles. The lowest BCUT2D eigenvalue weighted by molar-refractivity contribution is 1.32. The molecule has 0 atom stereocenters. The van der Waals surface area contributed by atoms with Crippen LogP contribution in [0.25, 0.3) is 99.7 Å². The summed E-state index contributed by atoms with van der Waals surface area (Å²) in [4.78, 5) is 23.5. The summed E-state index contributed by atoms with van der Waals surface area (Å²) in [7, 11) is 0. The van der Waals surface area contributed by atoms with Crippen LogP contribution in [0.3, 0.4) is 0 Å². The summed E-state index contributed by atoms with van der Waals surface area (Å²) < 4.78 is 0. The zero-order valence-electron chi connectivity index (χ0n) is 29.1. The van der Waals surface area contributed by atoms with Gasteiger partial charge in [-0.1, -0.05) is 103 Å². The first-order chi connectivity index (χ1) is 26.7. The van der Waals surface area contributed by atoms with E-state index in [0.717, 1.165) is 99.7 Å². The van der Waals surface area contributed by atoms with E-state index in [-0.39, 0.29) is 0 Å². The monoisotopic (exact) mass is 689 g/mol. The zero-order valence-corrected chi connectivity index (χ0v) is 29.1. The van der Waals surface area contributed by atoms with Gasteiger partial charge in [-0.15, -0.1) is 0 Å². The lowest BCUT2D eigenvalue weighted by Crippen LogP contribution is -1.93. The molecule has 5 heterocycles. The molecule has 252 valence electrons. The van der Waals surface area contributed by atoms with Gasteiger partial charge in [0.05, 0.1) is 27.9 Å². The van der Waals surface area contributed by atoms with Crippen molar-refractivity contribution in [3.63, 3.8) is 0 Å². The standard InChI is InChI=1S/C49H31N5/c1-2-9-44-42(8-1)47(43-19-18-38-7-4-24-52-48(38)49(43)54-44)40-6-3-5-39(29-40)41-30-45(36-14-10-32(11-15-36)34-20-25-50-26-21-34)53-46(31-41)37-16-12-33(13-17-37)35-22-27-51-28-23-35/h1-31H. The molecule has 0 saturated carbocycles. The van der Waals surface area contributed by atoms with Crippen LogP contribution in [0.5, 0.6) is 0 Å². The first kappa shape index (κ1) is 31.4. The van der Waals surface area contributed by atoms with Gasteiger partial charge in [-0.05, 0) is 93.5 Å². The highest BCUT2D eigenvalue weighted by molar-refractivity contribution is 6.16. The van der Waals surface area contributed by atoms with E-state index in [1.807, 2.05) is 67.4 Å². The molecule has 0 unspecified atom stereocenters. The Bertz CT molecular complexity index is 2860. The minimum absolute atomic E-state index is 0.907. The second-order valence-electron chi connectivity index (χ2n) is 13.4. The molecule has 0 bridgehead atoms. The molecule has 54 heavy (non-hydrogen) atoms. The molecule has 0 aliphatic heterocycles. The van der Waals surface area contributed by atoms with E-state index in [0.29, 0.717) is 0 Å². The van der Waals surface area contributed by atoms with Crippen molar-refractivity contribution in [3.8, 4) is 67.0 Å². The highest BCUT2D eigenvalue weighted by atomic mass is 14.7. The van der Waals surface area contributed by atoms with Crippen LogP contribution in [0, 0.1) is 0 Å². The second kappa shape index (κ2) is 13.3. The maximum atomic E-state index is 5.26. The summed E-state index contributed by atoms with van der Waals surface area (Å²) in [5.74, 6) is 0. The summed E-state index contributed by atoms with van der Waals surface area (Å²) in [6, 6.07) is 55.4. The molecule has 0 fully saturated rings. The molecule has 0 aliphatic rings. The van der Waals surface area contributed by atoms with Crippen LogP contribution in [0.4, 0.5) is 0 Å². The molecule has 5 aromatic heterocycles. The quantitative estimate of drug-likeness (QED) is 0.128. The Morgan fingerprint density at radius 2 is 0.907 bits per heavy atom. The molecule has 0 spiro atoms. The fraction of sp³-hybridized carbons (Fsp3) is 0. The Kier molecular flexibility index (Phi) is 7.73. The largest absolute Gasteiger partial charge is 0.265 e. The maximum absolute atomic E-state index is 5.26. The molecule has 0 radical (unpaired) electrons. The molecular formula is C49H31N5. The van der Waals surface area contributed by atoms with E-state index in [1.165, 1.54) is 0 Å². The molecule has 0 aliphatic carbocycles. The number of hydrogen-bond donors (Lipinski definition) is 0. The lowest BCUT2D eigenvalue weighted by Gasteiger charge is -2.15. The van der Waals surface area contributed by atoms with E-state index >= 15 is 0 Å². The van der Waals surface area contributed by atoms with Gasteiger partial charge < -0.3 is 0 Å². The van der Waals surface area contributed by atoms with Crippen LogP contribution in [-0.4, -0.2) is 24.9 Å². The smallest absolute Gasteiger partial charge is 0.0978 e. The van der Waals surface area contributed by atoms with E-state index < -0.39 is 0 Å². The normalized spacial score (nSPS) is 11.3. The molecule has 10 aromatic rings. The van der Waals surface area contributed by atoms with E-state index in [1.54, 1.807) is 0 Å². The van der Waals surface area contributed by atoms with Gasteiger partial charge in [-0.25, -0.2) is 9.97 Å². The van der Waals surface area contributed by atoms with Gasteiger partial charge in [0.2, 0.25) is 0 Å². The van der Waals surface area contributed by atoms with Gasteiger partial charge in [0.1, 0.15) is 0 Å². The number of hydrogen-bond acceptors (Lipinski definition) is 5. The number of rotatable bonds is 6. The molecule has 10 rings (SSSR count). The number of nitrogens with zero attached hydrogens (tertiary/aromatic N) is 5. The first-order valence-electron chi connectivity index (χ1n) is 18.0. The average Bonchev–Trinajstić information content (AvgIpc) is 3.26. The average molecular weight is 690 g/mol. The fourth-order valence-electron chi connectivity index (χ4n) is 7.41. The Hall–Kier alpha value is -7.37. The van der Waals surface area contributed by atoms with Gasteiger partial charge in [-0.3, -0.25) is 15.0 Å². The zero-order chi connectivity index (χ0) is 35.8. The Balaban J connectivity index is 1.13.